The van der Waals surface area contributed by atoms with E-state index in [4.69, 9.17) is 0 Å². The van der Waals surface area contributed by atoms with E-state index in [9.17, 15) is 5.11 Å². The van der Waals surface area contributed by atoms with Gasteiger partial charge in [-0.05, 0) is 38.2 Å². The van der Waals surface area contributed by atoms with Gasteiger partial charge >= 0.3 is 0 Å². The maximum absolute atomic E-state index is 9.18. The molecule has 0 aliphatic heterocycles. The quantitative estimate of drug-likeness (QED) is 0.818. The maximum Gasteiger partial charge on any atom is 0.0644 e. The van der Waals surface area contributed by atoms with Crippen molar-refractivity contribution in [2.24, 2.45) is 5.92 Å². The number of aryl methyl sites for hydroxylation is 1. The lowest BCUT2D eigenvalue weighted by Gasteiger charge is -2.25. The molecule has 0 spiro atoms. The first-order chi connectivity index (χ1) is 11.7. The normalized spacial score (nSPS) is 16.6. The predicted octanol–water partition coefficient (Wildman–Crippen LogP) is 3.51. The zero-order valence-electron chi connectivity index (χ0n) is 14.8. The molecular formula is C20H29N3O. The summed E-state index contributed by atoms with van der Waals surface area (Å²) in [5.41, 5.74) is 4.88. The van der Waals surface area contributed by atoms with Gasteiger partial charge < -0.3 is 10.4 Å². The summed E-state index contributed by atoms with van der Waals surface area (Å²) in [5, 5.41) is 17.6. The smallest absolute Gasteiger partial charge is 0.0644 e. The Morgan fingerprint density at radius 2 is 1.92 bits per heavy atom. The predicted molar refractivity (Wildman–Crippen MR) is 96.8 cm³/mol. The third kappa shape index (κ3) is 3.70. The van der Waals surface area contributed by atoms with Gasteiger partial charge in [-0.3, -0.25) is 4.68 Å². The van der Waals surface area contributed by atoms with Crippen molar-refractivity contribution < 1.29 is 5.11 Å². The molecule has 1 heterocycles. The molecule has 3 rings (SSSR count). The fraction of sp³-hybridized carbons (Fsp3) is 0.550. The lowest BCUT2D eigenvalue weighted by molar-refractivity contribution is 0.267. The van der Waals surface area contributed by atoms with Crippen LogP contribution in [0.25, 0.3) is 0 Å². The third-order valence-corrected chi connectivity index (χ3v) is 5.37. The second-order valence-corrected chi connectivity index (χ2v) is 6.91. The number of rotatable bonds is 7. The first-order valence-corrected chi connectivity index (χ1v) is 9.12. The Bertz CT molecular complexity index is 644. The van der Waals surface area contributed by atoms with Gasteiger partial charge in [-0.2, -0.15) is 5.10 Å². The highest BCUT2D eigenvalue weighted by molar-refractivity contribution is 5.26. The van der Waals surface area contributed by atoms with Gasteiger partial charge in [0.2, 0.25) is 0 Å². The van der Waals surface area contributed by atoms with Crippen molar-refractivity contribution in [3.8, 4) is 0 Å². The zero-order valence-corrected chi connectivity index (χ0v) is 14.8. The van der Waals surface area contributed by atoms with E-state index in [1.54, 1.807) is 0 Å². The van der Waals surface area contributed by atoms with Gasteiger partial charge in [0, 0.05) is 23.8 Å². The highest BCUT2D eigenvalue weighted by atomic mass is 16.3. The van der Waals surface area contributed by atoms with E-state index in [1.165, 1.54) is 36.8 Å². The highest BCUT2D eigenvalue weighted by Gasteiger charge is 2.26. The van der Waals surface area contributed by atoms with Crippen LogP contribution >= 0.6 is 0 Å². The molecule has 2 aromatic rings. The molecular weight excluding hydrogens is 298 g/mol. The van der Waals surface area contributed by atoms with Crippen LogP contribution in [-0.4, -0.2) is 21.5 Å². The molecule has 0 amide bonds. The molecule has 1 unspecified atom stereocenters. The summed E-state index contributed by atoms with van der Waals surface area (Å²) in [6.07, 6.45) is 5.33. The number of aromatic nitrogens is 2. The molecule has 1 aromatic carbocycles. The Labute approximate surface area is 144 Å². The van der Waals surface area contributed by atoms with Gasteiger partial charge in [0.15, 0.2) is 0 Å². The van der Waals surface area contributed by atoms with Crippen LogP contribution in [0.2, 0.25) is 0 Å². The van der Waals surface area contributed by atoms with E-state index in [2.05, 4.69) is 54.6 Å². The first kappa shape index (κ1) is 17.2. The van der Waals surface area contributed by atoms with Crippen LogP contribution in [0.3, 0.4) is 0 Å². The fourth-order valence-corrected chi connectivity index (χ4v) is 4.02. The molecule has 4 heteroatoms. The third-order valence-electron chi connectivity index (χ3n) is 5.37. The van der Waals surface area contributed by atoms with Crippen LogP contribution < -0.4 is 5.32 Å². The molecule has 1 fully saturated rings. The molecule has 1 aromatic heterocycles. The van der Waals surface area contributed by atoms with Crippen LogP contribution in [-0.2, 0) is 13.1 Å². The van der Waals surface area contributed by atoms with Crippen LogP contribution in [0.15, 0.2) is 30.3 Å². The molecule has 0 saturated heterocycles. The largest absolute Gasteiger partial charge is 0.394 e. The van der Waals surface area contributed by atoms with Crippen molar-refractivity contribution in [2.75, 3.05) is 6.61 Å². The number of benzene rings is 1. The monoisotopic (exact) mass is 327 g/mol. The van der Waals surface area contributed by atoms with Crippen LogP contribution in [0.5, 0.6) is 0 Å². The summed E-state index contributed by atoms with van der Waals surface area (Å²) < 4.78 is 1.92. The van der Waals surface area contributed by atoms with Gasteiger partial charge in [0.25, 0.3) is 0 Å². The molecule has 24 heavy (non-hydrogen) atoms. The number of hydrogen-bond donors (Lipinski definition) is 2. The summed E-state index contributed by atoms with van der Waals surface area (Å²) in [5.74, 6) is 0.723. The molecule has 0 bridgehead atoms. The average Bonchev–Trinajstić information content (AvgIpc) is 3.20. The lowest BCUT2D eigenvalue weighted by atomic mass is 9.91. The molecule has 1 aliphatic carbocycles. The Morgan fingerprint density at radius 3 is 2.58 bits per heavy atom. The van der Waals surface area contributed by atoms with Crippen LogP contribution in [0.1, 0.15) is 54.2 Å². The average molecular weight is 327 g/mol. The van der Waals surface area contributed by atoms with E-state index >= 15 is 0 Å². The van der Waals surface area contributed by atoms with Gasteiger partial charge in [0.1, 0.15) is 0 Å². The van der Waals surface area contributed by atoms with Crippen LogP contribution in [0.4, 0.5) is 0 Å². The molecule has 4 nitrogen and oxygen atoms in total. The summed E-state index contributed by atoms with van der Waals surface area (Å²) >= 11 is 0. The van der Waals surface area contributed by atoms with Crippen molar-refractivity contribution in [3.05, 3.63) is 52.8 Å². The van der Waals surface area contributed by atoms with Crippen molar-refractivity contribution in [1.82, 2.24) is 15.1 Å². The van der Waals surface area contributed by atoms with Crippen molar-refractivity contribution >= 4 is 0 Å². The highest BCUT2D eigenvalue weighted by Crippen LogP contribution is 2.36. The summed E-state index contributed by atoms with van der Waals surface area (Å²) in [6.45, 7) is 5.69. The second kappa shape index (κ2) is 7.95. The molecule has 1 atom stereocenters. The Kier molecular flexibility index (Phi) is 5.69. The second-order valence-electron chi connectivity index (χ2n) is 6.91. The van der Waals surface area contributed by atoms with E-state index in [0.29, 0.717) is 12.6 Å². The molecule has 130 valence electrons. The maximum atomic E-state index is 9.18. The van der Waals surface area contributed by atoms with E-state index in [1.807, 2.05) is 4.68 Å². The number of aliphatic hydroxyl groups is 1. The number of hydrogen-bond acceptors (Lipinski definition) is 3. The summed E-state index contributed by atoms with van der Waals surface area (Å²) in [7, 11) is 0. The Balaban J connectivity index is 1.76. The molecule has 2 N–H and O–H groups in total. The Morgan fingerprint density at radius 1 is 1.21 bits per heavy atom. The standard InChI is InChI=1S/C20H29N3O/c1-15-19(16(2)23(22-15)12-13-24)14-21-20(18-10-6-7-11-18)17-8-4-3-5-9-17/h3-5,8-9,18,20-21,24H,6-7,10-14H2,1-2H3. The van der Waals surface area contributed by atoms with Crippen molar-refractivity contribution in [3.63, 3.8) is 0 Å². The van der Waals surface area contributed by atoms with E-state index < -0.39 is 0 Å². The summed E-state index contributed by atoms with van der Waals surface area (Å²) in [4.78, 5) is 0. The van der Waals surface area contributed by atoms with Gasteiger partial charge in [-0.15, -0.1) is 0 Å². The molecule has 1 aliphatic rings. The number of nitrogens with one attached hydrogen (secondary N) is 1. The minimum absolute atomic E-state index is 0.129. The molecule has 0 radical (unpaired) electrons. The minimum Gasteiger partial charge on any atom is -0.394 e. The SMILES string of the molecule is Cc1nn(CCO)c(C)c1CNC(c1ccccc1)C1CCCC1. The summed E-state index contributed by atoms with van der Waals surface area (Å²) in [6, 6.07) is 11.2. The van der Waals surface area contributed by atoms with Crippen molar-refractivity contribution in [1.29, 1.82) is 0 Å². The lowest BCUT2D eigenvalue weighted by Crippen LogP contribution is -2.27. The number of nitrogens with zero attached hydrogens (tertiary/aromatic N) is 2. The molecule has 1 saturated carbocycles. The minimum atomic E-state index is 0.129. The Hall–Kier alpha value is -1.65. The van der Waals surface area contributed by atoms with Crippen LogP contribution in [0, 0.1) is 19.8 Å². The van der Waals surface area contributed by atoms with Crippen molar-refractivity contribution in [2.45, 2.75) is 58.7 Å². The van der Waals surface area contributed by atoms with Gasteiger partial charge in [0.05, 0.1) is 18.8 Å². The van der Waals surface area contributed by atoms with Gasteiger partial charge in [-0.1, -0.05) is 43.2 Å². The first-order valence-electron chi connectivity index (χ1n) is 9.12. The number of aliphatic hydroxyl groups excluding tert-OH is 1. The zero-order chi connectivity index (χ0) is 16.9. The van der Waals surface area contributed by atoms with E-state index in [-0.39, 0.29) is 6.61 Å². The fourth-order valence-electron chi connectivity index (χ4n) is 4.02. The topological polar surface area (TPSA) is 50.1 Å². The van der Waals surface area contributed by atoms with E-state index in [0.717, 1.165) is 23.9 Å². The van der Waals surface area contributed by atoms with Gasteiger partial charge in [-0.25, -0.2) is 0 Å².